The van der Waals surface area contributed by atoms with E-state index in [-0.39, 0.29) is 18.5 Å². The Balaban J connectivity index is 1.68. The Morgan fingerprint density at radius 2 is 1.89 bits per heavy atom. The highest BCUT2D eigenvalue weighted by atomic mass is 32.1. The molecular weight excluding hydrogens is 362 g/mol. The molecule has 2 N–H and O–H groups in total. The normalized spacial score (nSPS) is 13.1. The van der Waals surface area contributed by atoms with Gasteiger partial charge >= 0.3 is 5.97 Å². The number of rotatable bonds is 6. The first-order valence-corrected chi connectivity index (χ1v) is 9.46. The van der Waals surface area contributed by atoms with Crippen LogP contribution in [-0.4, -0.2) is 37.6 Å². The third-order valence-electron chi connectivity index (χ3n) is 4.47. The molecule has 2 aromatic carbocycles. The van der Waals surface area contributed by atoms with Crippen LogP contribution in [0, 0.1) is 0 Å². The molecule has 2 atom stereocenters. The second-order valence-corrected chi connectivity index (χ2v) is 7.41. The van der Waals surface area contributed by atoms with Crippen molar-refractivity contribution in [2.24, 2.45) is 0 Å². The van der Waals surface area contributed by atoms with Crippen molar-refractivity contribution < 1.29 is 19.2 Å². The Labute approximate surface area is 161 Å². The van der Waals surface area contributed by atoms with Crippen LogP contribution in [0.25, 0.3) is 10.2 Å². The van der Waals surface area contributed by atoms with Crippen molar-refractivity contribution in [1.82, 2.24) is 4.98 Å². The van der Waals surface area contributed by atoms with E-state index < -0.39 is 5.97 Å². The zero-order chi connectivity index (χ0) is 19.4. The van der Waals surface area contributed by atoms with Crippen LogP contribution in [-0.2, 0) is 9.53 Å². The molecule has 0 fully saturated rings. The van der Waals surface area contributed by atoms with Crippen molar-refractivity contribution in [3.8, 4) is 0 Å². The number of anilines is 1. The van der Waals surface area contributed by atoms with Gasteiger partial charge in [0, 0.05) is 0 Å². The van der Waals surface area contributed by atoms with E-state index in [1.165, 1.54) is 7.11 Å². The van der Waals surface area contributed by atoms with Crippen molar-refractivity contribution in [1.29, 1.82) is 0 Å². The number of ether oxygens (including phenoxy) is 1. The molecule has 3 aromatic rings. The molecule has 0 aliphatic heterocycles. The number of hydrogen-bond donors (Lipinski definition) is 2. The van der Waals surface area contributed by atoms with Crippen LogP contribution in [0.4, 0.5) is 5.69 Å². The number of carbonyl (C=O) groups excluding carboxylic acids is 2. The summed E-state index contributed by atoms with van der Waals surface area (Å²) in [6.45, 7) is 2.31. The smallest absolute Gasteiger partial charge is 0.339 e. The molecule has 0 aliphatic carbocycles. The molecule has 1 aromatic heterocycles. The maximum atomic E-state index is 12.5. The van der Waals surface area contributed by atoms with Crippen LogP contribution in [0.5, 0.6) is 0 Å². The van der Waals surface area contributed by atoms with Gasteiger partial charge in [-0.1, -0.05) is 24.3 Å². The molecular formula is C20H22N3O3S+. The highest BCUT2D eigenvalue weighted by molar-refractivity contribution is 7.18. The summed E-state index contributed by atoms with van der Waals surface area (Å²) < 4.78 is 5.90. The SMILES string of the molecule is COC(=O)c1ccccc1NC(=O)C[NH+](C)[C@@H](C)c1nc2ccccc2s1. The molecule has 0 radical (unpaired) electrons. The summed E-state index contributed by atoms with van der Waals surface area (Å²) in [7, 11) is 3.28. The highest BCUT2D eigenvalue weighted by Gasteiger charge is 2.23. The molecule has 27 heavy (non-hydrogen) atoms. The number of fused-ring (bicyclic) bond motifs is 1. The number of benzene rings is 2. The maximum Gasteiger partial charge on any atom is 0.339 e. The number of aromatic nitrogens is 1. The van der Waals surface area contributed by atoms with E-state index in [4.69, 9.17) is 4.74 Å². The third-order valence-corrected chi connectivity index (χ3v) is 5.69. The number of nitrogens with one attached hydrogen (secondary N) is 2. The number of likely N-dealkylation sites (N-methyl/N-ethyl adjacent to an activating group) is 1. The fraction of sp³-hybridized carbons (Fsp3) is 0.250. The summed E-state index contributed by atoms with van der Waals surface area (Å²) in [4.78, 5) is 30.0. The number of quaternary nitrogens is 1. The monoisotopic (exact) mass is 384 g/mol. The first kappa shape index (κ1) is 19.0. The molecule has 0 aliphatic rings. The van der Waals surface area contributed by atoms with Gasteiger partial charge in [0.1, 0.15) is 6.04 Å². The standard InChI is InChI=1S/C20H21N3O3S/c1-13(19-22-16-10-6-7-11-17(16)27-19)23(2)12-18(24)21-15-9-5-4-8-14(15)20(25)26-3/h4-11,13H,12H2,1-3H3,(H,21,24)/p+1/t13-/m0/s1. The van der Waals surface area contributed by atoms with Gasteiger partial charge in [-0.2, -0.15) is 0 Å². The number of methoxy groups -OCH3 is 1. The number of hydrogen-bond acceptors (Lipinski definition) is 5. The minimum absolute atomic E-state index is 0.0731. The lowest BCUT2D eigenvalue weighted by Gasteiger charge is -2.19. The van der Waals surface area contributed by atoms with E-state index in [1.807, 2.05) is 25.2 Å². The van der Waals surface area contributed by atoms with Crippen molar-refractivity contribution in [3.05, 3.63) is 59.1 Å². The summed E-state index contributed by atoms with van der Waals surface area (Å²) in [6.07, 6.45) is 0. The van der Waals surface area contributed by atoms with Crippen LogP contribution in [0.2, 0.25) is 0 Å². The Kier molecular flexibility index (Phi) is 5.83. The molecule has 6 nitrogen and oxygen atoms in total. The molecule has 0 saturated carbocycles. The predicted octanol–water partition coefficient (Wildman–Crippen LogP) is 2.30. The first-order chi connectivity index (χ1) is 13.0. The largest absolute Gasteiger partial charge is 0.465 e. The molecule has 0 spiro atoms. The van der Waals surface area contributed by atoms with Crippen LogP contribution in [0.1, 0.15) is 28.3 Å². The van der Waals surface area contributed by atoms with Gasteiger partial charge in [0.15, 0.2) is 11.6 Å². The minimum atomic E-state index is -0.477. The highest BCUT2D eigenvalue weighted by Crippen LogP contribution is 2.24. The van der Waals surface area contributed by atoms with Gasteiger partial charge in [-0.25, -0.2) is 9.78 Å². The van der Waals surface area contributed by atoms with Gasteiger partial charge in [-0.15, -0.1) is 11.3 Å². The maximum absolute atomic E-state index is 12.5. The van der Waals surface area contributed by atoms with Gasteiger partial charge in [0.25, 0.3) is 5.91 Å². The topological polar surface area (TPSA) is 72.7 Å². The molecule has 1 unspecified atom stereocenters. The molecule has 1 amide bonds. The Morgan fingerprint density at radius 3 is 2.63 bits per heavy atom. The third kappa shape index (κ3) is 4.32. The fourth-order valence-corrected chi connectivity index (χ4v) is 3.88. The summed E-state index contributed by atoms with van der Waals surface area (Å²) in [5.74, 6) is -0.647. The van der Waals surface area contributed by atoms with Crippen molar-refractivity contribution in [2.45, 2.75) is 13.0 Å². The zero-order valence-corrected chi connectivity index (χ0v) is 16.3. The van der Waals surface area contributed by atoms with Crippen LogP contribution < -0.4 is 10.2 Å². The van der Waals surface area contributed by atoms with Gasteiger partial charge in [-0.3, -0.25) is 4.79 Å². The molecule has 7 heteroatoms. The fourth-order valence-electron chi connectivity index (χ4n) is 2.77. The number of para-hydroxylation sites is 2. The number of amides is 1. The molecule has 0 bridgehead atoms. The lowest BCUT2D eigenvalue weighted by atomic mass is 10.2. The van der Waals surface area contributed by atoms with Gasteiger partial charge in [-0.05, 0) is 31.2 Å². The summed E-state index contributed by atoms with van der Waals surface area (Å²) in [6, 6.07) is 14.9. The van der Waals surface area contributed by atoms with Crippen LogP contribution in [0.3, 0.4) is 0 Å². The number of carbonyl (C=O) groups is 2. The second kappa shape index (κ2) is 8.28. The quantitative estimate of drug-likeness (QED) is 0.640. The van der Waals surface area contributed by atoms with E-state index in [0.29, 0.717) is 11.3 Å². The van der Waals surface area contributed by atoms with E-state index >= 15 is 0 Å². The summed E-state index contributed by atoms with van der Waals surface area (Å²) in [5, 5.41) is 3.81. The van der Waals surface area contributed by atoms with Crippen molar-refractivity contribution in [3.63, 3.8) is 0 Å². The van der Waals surface area contributed by atoms with E-state index in [9.17, 15) is 9.59 Å². The van der Waals surface area contributed by atoms with E-state index in [1.54, 1.807) is 35.6 Å². The van der Waals surface area contributed by atoms with Gasteiger partial charge < -0.3 is 15.0 Å². The summed E-state index contributed by atoms with van der Waals surface area (Å²) in [5.41, 5.74) is 1.77. The Morgan fingerprint density at radius 1 is 1.19 bits per heavy atom. The molecule has 140 valence electrons. The Bertz CT molecular complexity index is 937. The molecule has 3 rings (SSSR count). The zero-order valence-electron chi connectivity index (χ0n) is 15.5. The molecule has 1 heterocycles. The predicted molar refractivity (Wildman–Crippen MR) is 106 cm³/mol. The number of thiazole rings is 1. The van der Waals surface area contributed by atoms with Crippen LogP contribution >= 0.6 is 11.3 Å². The van der Waals surface area contributed by atoms with E-state index in [2.05, 4.69) is 23.3 Å². The average Bonchev–Trinajstić information content (AvgIpc) is 3.11. The van der Waals surface area contributed by atoms with Crippen molar-refractivity contribution >= 4 is 39.1 Å². The van der Waals surface area contributed by atoms with Crippen LogP contribution in [0.15, 0.2) is 48.5 Å². The minimum Gasteiger partial charge on any atom is -0.465 e. The lowest BCUT2D eigenvalue weighted by molar-refractivity contribution is -0.902. The second-order valence-electron chi connectivity index (χ2n) is 6.35. The Hall–Kier alpha value is -2.77. The number of esters is 1. The molecule has 0 saturated heterocycles. The van der Waals surface area contributed by atoms with Gasteiger partial charge in [0.05, 0.1) is 35.6 Å². The van der Waals surface area contributed by atoms with Gasteiger partial charge in [0.2, 0.25) is 0 Å². The first-order valence-electron chi connectivity index (χ1n) is 8.64. The van der Waals surface area contributed by atoms with Crippen molar-refractivity contribution in [2.75, 3.05) is 26.0 Å². The summed E-state index contributed by atoms with van der Waals surface area (Å²) >= 11 is 1.65. The van der Waals surface area contributed by atoms with E-state index in [0.717, 1.165) is 20.1 Å². The lowest BCUT2D eigenvalue weighted by Crippen LogP contribution is -3.10. The average molecular weight is 384 g/mol. The number of nitrogens with zero attached hydrogens (tertiary/aromatic N) is 1.